The molecule has 6 rings (SSSR count). The minimum atomic E-state index is -0.449. The molecule has 0 saturated carbocycles. The molecule has 5 aromatic rings. The fraction of sp³-hybridized carbons (Fsp3) is 0.214. The number of pyridine rings is 2. The number of nitrogens with one attached hydrogen (secondary N) is 1. The fourth-order valence-electron chi connectivity index (χ4n) is 4.80. The molecule has 0 bridgehead atoms. The number of aromatic nitrogens is 4. The first-order valence-electron chi connectivity index (χ1n) is 12.3. The van der Waals surface area contributed by atoms with E-state index in [2.05, 4.69) is 37.1 Å². The molecule has 38 heavy (non-hydrogen) atoms. The highest BCUT2D eigenvalue weighted by Gasteiger charge is 2.20. The van der Waals surface area contributed by atoms with E-state index < -0.39 is 5.82 Å². The lowest BCUT2D eigenvalue weighted by molar-refractivity contribution is 0.311. The van der Waals surface area contributed by atoms with Gasteiger partial charge in [-0.1, -0.05) is 6.07 Å². The molecule has 1 aliphatic rings. The van der Waals surface area contributed by atoms with Gasteiger partial charge in [-0.25, -0.2) is 23.7 Å². The molecule has 10 heteroatoms. The Bertz CT molecular complexity index is 1650. The van der Waals surface area contributed by atoms with Gasteiger partial charge in [0.25, 0.3) is 0 Å². The van der Waals surface area contributed by atoms with Gasteiger partial charge in [-0.2, -0.15) is 0 Å². The molecule has 8 nitrogen and oxygen atoms in total. The average Bonchev–Trinajstić information content (AvgIpc) is 2.93. The maximum absolute atomic E-state index is 15.0. The van der Waals surface area contributed by atoms with Crippen LogP contribution in [0.5, 0.6) is 5.75 Å². The number of benzene rings is 2. The van der Waals surface area contributed by atoms with E-state index in [1.165, 1.54) is 19.2 Å². The molecule has 1 saturated heterocycles. The topological polar surface area (TPSA) is 79.3 Å². The minimum absolute atomic E-state index is 0.256. The van der Waals surface area contributed by atoms with Gasteiger partial charge in [0.05, 0.1) is 30.3 Å². The van der Waals surface area contributed by atoms with Crippen molar-refractivity contribution in [1.82, 2.24) is 24.8 Å². The zero-order valence-electron chi connectivity index (χ0n) is 20.9. The Morgan fingerprint density at radius 1 is 0.921 bits per heavy atom. The summed E-state index contributed by atoms with van der Waals surface area (Å²) >= 11 is 0. The lowest BCUT2D eigenvalue weighted by Crippen LogP contribution is -2.44. The first-order valence-corrected chi connectivity index (χ1v) is 12.3. The lowest BCUT2D eigenvalue weighted by atomic mass is 10.0. The number of hydrogen-bond donors (Lipinski definition) is 1. The first kappa shape index (κ1) is 23.9. The van der Waals surface area contributed by atoms with Crippen LogP contribution in [0.25, 0.3) is 33.1 Å². The number of methoxy groups -OCH3 is 1. The zero-order chi connectivity index (χ0) is 26.2. The second kappa shape index (κ2) is 9.79. The Morgan fingerprint density at radius 3 is 2.55 bits per heavy atom. The van der Waals surface area contributed by atoms with Gasteiger partial charge in [0, 0.05) is 55.0 Å². The van der Waals surface area contributed by atoms with Crippen LogP contribution in [-0.4, -0.2) is 65.2 Å². The van der Waals surface area contributed by atoms with Gasteiger partial charge >= 0.3 is 0 Å². The summed E-state index contributed by atoms with van der Waals surface area (Å²) in [6.07, 6.45) is 4.85. The number of anilines is 3. The highest BCUT2D eigenvalue weighted by molar-refractivity contribution is 6.09. The molecule has 0 amide bonds. The predicted molar refractivity (Wildman–Crippen MR) is 144 cm³/mol. The average molecular weight is 514 g/mol. The van der Waals surface area contributed by atoms with Crippen LogP contribution >= 0.6 is 0 Å². The second-order valence-electron chi connectivity index (χ2n) is 9.21. The Hall–Kier alpha value is -4.44. The third-order valence-electron chi connectivity index (χ3n) is 6.81. The lowest BCUT2D eigenvalue weighted by Gasteiger charge is -2.34. The second-order valence-corrected chi connectivity index (χ2v) is 9.21. The van der Waals surface area contributed by atoms with Crippen molar-refractivity contribution >= 4 is 39.1 Å². The van der Waals surface area contributed by atoms with Crippen LogP contribution in [0.1, 0.15) is 0 Å². The van der Waals surface area contributed by atoms with Gasteiger partial charge in [0.2, 0.25) is 5.95 Å². The number of halogens is 2. The van der Waals surface area contributed by atoms with E-state index >= 15 is 4.39 Å². The molecule has 1 N–H and O–H groups in total. The van der Waals surface area contributed by atoms with Crippen molar-refractivity contribution in [2.24, 2.45) is 0 Å². The molecule has 0 spiro atoms. The van der Waals surface area contributed by atoms with E-state index in [0.717, 1.165) is 26.2 Å². The molecule has 0 unspecified atom stereocenters. The predicted octanol–water partition coefficient (Wildman–Crippen LogP) is 5.02. The molecule has 1 fully saturated rings. The molecule has 2 aromatic carbocycles. The van der Waals surface area contributed by atoms with E-state index in [1.54, 1.807) is 42.9 Å². The standard InChI is InChI=1S/C28H25F2N7O/c1-36-10-12-37(13-11-36)23-7-6-17(14-21(23)30)33-28-32-16-22-26(35-28)19-15-31-9-8-18(19)27(34-22)25-20(29)4-3-5-24(25)38-2/h3-9,14-16H,10-13H2,1-2H3,(H,32,33,35). The summed E-state index contributed by atoms with van der Waals surface area (Å²) in [4.78, 5) is 22.3. The summed E-state index contributed by atoms with van der Waals surface area (Å²) in [5, 5.41) is 4.45. The fourth-order valence-corrected chi connectivity index (χ4v) is 4.80. The van der Waals surface area contributed by atoms with E-state index in [4.69, 9.17) is 9.72 Å². The van der Waals surface area contributed by atoms with Gasteiger partial charge in [-0.3, -0.25) is 4.98 Å². The SMILES string of the molecule is COc1cccc(F)c1-c1nc2cnc(Nc3ccc(N4CCN(C)CC4)c(F)c3)nc2c2cnccc12. The summed E-state index contributed by atoms with van der Waals surface area (Å²) < 4.78 is 35.4. The molecule has 0 radical (unpaired) electrons. The third kappa shape index (κ3) is 4.32. The van der Waals surface area contributed by atoms with Crippen molar-refractivity contribution < 1.29 is 13.5 Å². The summed E-state index contributed by atoms with van der Waals surface area (Å²) in [5.41, 5.74) is 2.79. The Kier molecular flexibility index (Phi) is 6.16. The van der Waals surface area contributed by atoms with Crippen LogP contribution in [0, 0.1) is 11.6 Å². The molecular weight excluding hydrogens is 488 g/mol. The van der Waals surface area contributed by atoms with Crippen molar-refractivity contribution in [3.05, 3.63) is 72.7 Å². The van der Waals surface area contributed by atoms with Crippen LogP contribution in [0.3, 0.4) is 0 Å². The molecule has 4 heterocycles. The van der Waals surface area contributed by atoms with E-state index in [1.807, 2.05) is 6.07 Å². The Morgan fingerprint density at radius 2 is 1.76 bits per heavy atom. The maximum atomic E-state index is 15.0. The monoisotopic (exact) mass is 513 g/mol. The minimum Gasteiger partial charge on any atom is -0.496 e. The maximum Gasteiger partial charge on any atom is 0.227 e. The summed E-state index contributed by atoms with van der Waals surface area (Å²) in [7, 11) is 3.56. The summed E-state index contributed by atoms with van der Waals surface area (Å²) in [5.74, 6) is -0.0978. The van der Waals surface area contributed by atoms with E-state index in [0.29, 0.717) is 44.6 Å². The van der Waals surface area contributed by atoms with Gasteiger partial charge in [0.1, 0.15) is 28.4 Å². The normalized spacial score (nSPS) is 14.3. The van der Waals surface area contributed by atoms with E-state index in [-0.39, 0.29) is 17.3 Å². The quantitative estimate of drug-likeness (QED) is 0.328. The Labute approximate surface area is 217 Å². The molecule has 1 aliphatic heterocycles. The summed E-state index contributed by atoms with van der Waals surface area (Å²) in [6, 6.07) is 11.5. The first-order chi connectivity index (χ1) is 18.5. The Balaban J connectivity index is 1.37. The van der Waals surface area contributed by atoms with Crippen molar-refractivity contribution in [2.75, 3.05) is 50.6 Å². The van der Waals surface area contributed by atoms with Crippen LogP contribution in [0.15, 0.2) is 61.1 Å². The van der Waals surface area contributed by atoms with Crippen molar-refractivity contribution in [2.45, 2.75) is 0 Å². The van der Waals surface area contributed by atoms with Crippen LogP contribution < -0.4 is 15.0 Å². The van der Waals surface area contributed by atoms with Crippen molar-refractivity contribution in [1.29, 1.82) is 0 Å². The number of hydrogen-bond acceptors (Lipinski definition) is 8. The number of piperazine rings is 1. The van der Waals surface area contributed by atoms with Gasteiger partial charge in [-0.05, 0) is 43.4 Å². The van der Waals surface area contributed by atoms with Crippen LogP contribution in [0.2, 0.25) is 0 Å². The van der Waals surface area contributed by atoms with Gasteiger partial charge in [0.15, 0.2) is 0 Å². The number of rotatable bonds is 5. The zero-order valence-corrected chi connectivity index (χ0v) is 20.9. The van der Waals surface area contributed by atoms with Crippen molar-refractivity contribution in [3.8, 4) is 17.0 Å². The van der Waals surface area contributed by atoms with E-state index in [9.17, 15) is 4.39 Å². The van der Waals surface area contributed by atoms with Crippen LogP contribution in [0.4, 0.5) is 26.1 Å². The van der Waals surface area contributed by atoms with Crippen molar-refractivity contribution in [3.63, 3.8) is 0 Å². The molecule has 3 aromatic heterocycles. The number of nitrogens with zero attached hydrogens (tertiary/aromatic N) is 6. The molecule has 0 atom stereocenters. The van der Waals surface area contributed by atoms with Crippen LogP contribution in [-0.2, 0) is 0 Å². The van der Waals surface area contributed by atoms with Gasteiger partial charge in [-0.15, -0.1) is 0 Å². The highest BCUT2D eigenvalue weighted by atomic mass is 19.1. The largest absolute Gasteiger partial charge is 0.496 e. The number of fused-ring (bicyclic) bond motifs is 3. The van der Waals surface area contributed by atoms with Gasteiger partial charge < -0.3 is 19.9 Å². The number of ether oxygens (including phenoxy) is 1. The highest BCUT2D eigenvalue weighted by Crippen LogP contribution is 2.37. The number of likely N-dealkylation sites (N-methyl/N-ethyl adjacent to an activating group) is 1. The molecule has 192 valence electrons. The molecular formula is C28H25F2N7O. The third-order valence-corrected chi connectivity index (χ3v) is 6.81. The smallest absolute Gasteiger partial charge is 0.227 e. The molecule has 0 aliphatic carbocycles. The summed E-state index contributed by atoms with van der Waals surface area (Å²) in [6.45, 7) is 3.35.